The smallest absolute Gasteiger partial charge is 0.168 e. The highest BCUT2D eigenvalue weighted by molar-refractivity contribution is 5.81. The van der Waals surface area contributed by atoms with Crippen LogP contribution in [0.5, 0.6) is 0 Å². The van der Waals surface area contributed by atoms with Crippen LogP contribution in [0.2, 0.25) is 0 Å². The maximum Gasteiger partial charge on any atom is 0.168 e. The van der Waals surface area contributed by atoms with Crippen LogP contribution in [0.15, 0.2) is 12.1 Å². The third kappa shape index (κ3) is 2.29. The molecule has 2 rings (SSSR count). The Morgan fingerprint density at radius 3 is 2.65 bits per heavy atom. The summed E-state index contributed by atoms with van der Waals surface area (Å²) in [6.07, 6.45) is 0.970. The van der Waals surface area contributed by atoms with Crippen LogP contribution in [-0.2, 0) is 6.54 Å². The van der Waals surface area contributed by atoms with E-state index >= 15 is 0 Å². The number of halogens is 3. The van der Waals surface area contributed by atoms with Crippen LogP contribution in [0.3, 0.4) is 0 Å². The molecule has 0 aliphatic rings. The predicted molar refractivity (Wildman–Crippen MR) is 60.2 cm³/mol. The van der Waals surface area contributed by atoms with Crippen LogP contribution in [0.4, 0.5) is 13.2 Å². The number of H-pyrrole nitrogens is 1. The number of hydrogen-bond donors (Lipinski definition) is 2. The summed E-state index contributed by atoms with van der Waals surface area (Å²) in [6.45, 7) is 3.31. The van der Waals surface area contributed by atoms with Gasteiger partial charge in [0.05, 0.1) is 5.52 Å². The second-order valence-corrected chi connectivity index (χ2v) is 3.91. The zero-order chi connectivity index (χ0) is 12.4. The number of fused-ring (bicyclic) bond motifs is 1. The second-order valence-electron chi connectivity index (χ2n) is 3.91. The van der Waals surface area contributed by atoms with Crippen LogP contribution in [-0.4, -0.2) is 11.5 Å². The Morgan fingerprint density at radius 1 is 1.18 bits per heavy atom. The van der Waals surface area contributed by atoms with Gasteiger partial charge in [0.15, 0.2) is 11.6 Å². The summed E-state index contributed by atoms with van der Waals surface area (Å²) in [4.78, 5) is 2.75. The van der Waals surface area contributed by atoms with Gasteiger partial charge in [-0.05, 0) is 19.0 Å². The van der Waals surface area contributed by atoms with E-state index in [9.17, 15) is 13.2 Å². The molecule has 0 radical (unpaired) electrons. The van der Waals surface area contributed by atoms with Crippen molar-refractivity contribution in [3.63, 3.8) is 0 Å². The van der Waals surface area contributed by atoms with Gasteiger partial charge < -0.3 is 10.3 Å². The van der Waals surface area contributed by atoms with Crippen molar-refractivity contribution in [2.24, 2.45) is 0 Å². The Morgan fingerprint density at radius 2 is 1.94 bits per heavy atom. The van der Waals surface area contributed by atoms with Gasteiger partial charge in [0.1, 0.15) is 5.82 Å². The van der Waals surface area contributed by atoms with E-state index in [-0.39, 0.29) is 10.9 Å². The number of benzene rings is 1. The van der Waals surface area contributed by atoms with Gasteiger partial charge in [-0.1, -0.05) is 6.92 Å². The van der Waals surface area contributed by atoms with Crippen molar-refractivity contribution in [3.8, 4) is 0 Å². The van der Waals surface area contributed by atoms with E-state index in [1.165, 1.54) is 6.07 Å². The van der Waals surface area contributed by atoms with Crippen LogP contribution >= 0.6 is 0 Å². The minimum atomic E-state index is -1.16. The molecule has 1 aromatic heterocycles. The number of hydrogen-bond acceptors (Lipinski definition) is 1. The maximum absolute atomic E-state index is 13.4. The van der Waals surface area contributed by atoms with E-state index in [2.05, 4.69) is 10.3 Å². The average Bonchev–Trinajstić information content (AvgIpc) is 2.71. The molecule has 0 aliphatic heterocycles. The molecule has 5 heteroatoms. The van der Waals surface area contributed by atoms with Crippen LogP contribution in [0.25, 0.3) is 10.9 Å². The van der Waals surface area contributed by atoms with Gasteiger partial charge in [-0.25, -0.2) is 13.2 Å². The molecule has 0 spiro atoms. The van der Waals surface area contributed by atoms with E-state index in [4.69, 9.17) is 0 Å². The molecular formula is C12H13F3N2. The molecule has 0 amide bonds. The summed E-state index contributed by atoms with van der Waals surface area (Å²) in [7, 11) is 0. The number of aromatic nitrogens is 1. The van der Waals surface area contributed by atoms with Crippen molar-refractivity contribution >= 4 is 10.9 Å². The number of rotatable bonds is 4. The lowest BCUT2D eigenvalue weighted by molar-refractivity contribution is 0.505. The molecule has 92 valence electrons. The molecule has 2 N–H and O–H groups in total. The lowest BCUT2D eigenvalue weighted by Gasteiger charge is -1.99. The zero-order valence-electron chi connectivity index (χ0n) is 9.41. The normalized spacial score (nSPS) is 11.3. The van der Waals surface area contributed by atoms with E-state index in [1.54, 1.807) is 0 Å². The fourth-order valence-electron chi connectivity index (χ4n) is 1.74. The molecule has 17 heavy (non-hydrogen) atoms. The van der Waals surface area contributed by atoms with Gasteiger partial charge in [0, 0.05) is 23.7 Å². The lowest BCUT2D eigenvalue weighted by atomic mass is 10.2. The first-order valence-corrected chi connectivity index (χ1v) is 5.49. The Bertz CT molecular complexity index is 534. The third-order valence-electron chi connectivity index (χ3n) is 2.55. The Kier molecular flexibility index (Phi) is 3.38. The van der Waals surface area contributed by atoms with Crippen LogP contribution in [0, 0.1) is 17.5 Å². The summed E-state index contributed by atoms with van der Waals surface area (Å²) < 4.78 is 39.7. The topological polar surface area (TPSA) is 27.8 Å². The molecule has 1 heterocycles. The molecule has 2 aromatic rings. The lowest BCUT2D eigenvalue weighted by Crippen LogP contribution is -2.13. The van der Waals surface area contributed by atoms with E-state index in [0.717, 1.165) is 13.0 Å². The summed E-state index contributed by atoms with van der Waals surface area (Å²) >= 11 is 0. The standard InChI is InChI=1S/C12H13F3N2/c1-2-3-16-6-7-4-8-11(15)9(13)5-10(14)12(8)17-7/h4-5,16-17H,2-3,6H2,1H3. The van der Waals surface area contributed by atoms with Crippen molar-refractivity contribution in [1.29, 1.82) is 0 Å². The minimum Gasteiger partial charge on any atom is -0.355 e. The Balaban J connectivity index is 2.36. The average molecular weight is 242 g/mol. The van der Waals surface area contributed by atoms with Gasteiger partial charge in [0.2, 0.25) is 0 Å². The van der Waals surface area contributed by atoms with Crippen molar-refractivity contribution in [1.82, 2.24) is 10.3 Å². The molecule has 2 nitrogen and oxygen atoms in total. The van der Waals surface area contributed by atoms with E-state index in [1.807, 2.05) is 6.92 Å². The Labute approximate surface area is 96.8 Å². The SMILES string of the molecule is CCCNCc1cc2c(F)c(F)cc(F)c2[nH]1. The molecule has 0 bridgehead atoms. The van der Waals surface area contributed by atoms with Crippen molar-refractivity contribution in [3.05, 3.63) is 35.3 Å². The van der Waals surface area contributed by atoms with Gasteiger partial charge in [0.25, 0.3) is 0 Å². The van der Waals surface area contributed by atoms with Crippen LogP contribution in [0.1, 0.15) is 19.0 Å². The van der Waals surface area contributed by atoms with Gasteiger partial charge in [-0.3, -0.25) is 0 Å². The highest BCUT2D eigenvalue weighted by Crippen LogP contribution is 2.24. The highest BCUT2D eigenvalue weighted by atomic mass is 19.2. The second kappa shape index (κ2) is 4.79. The zero-order valence-corrected chi connectivity index (χ0v) is 9.41. The molecule has 0 unspecified atom stereocenters. The fraction of sp³-hybridized carbons (Fsp3) is 0.333. The van der Waals surface area contributed by atoms with Crippen molar-refractivity contribution in [2.45, 2.75) is 19.9 Å². The minimum absolute atomic E-state index is 0.0113. The number of nitrogens with one attached hydrogen (secondary N) is 2. The first kappa shape index (κ1) is 12.0. The van der Waals surface area contributed by atoms with Gasteiger partial charge in [-0.2, -0.15) is 0 Å². The summed E-state index contributed by atoms with van der Waals surface area (Å²) in [5, 5.41) is 3.05. The third-order valence-corrected chi connectivity index (χ3v) is 2.55. The molecule has 0 aliphatic carbocycles. The first-order chi connectivity index (χ1) is 8.13. The van der Waals surface area contributed by atoms with Crippen LogP contribution < -0.4 is 5.32 Å². The first-order valence-electron chi connectivity index (χ1n) is 5.49. The molecule has 0 fully saturated rings. The van der Waals surface area contributed by atoms with Crippen molar-refractivity contribution in [2.75, 3.05) is 6.54 Å². The fourth-order valence-corrected chi connectivity index (χ4v) is 1.74. The molecule has 1 aromatic carbocycles. The summed E-state index contributed by atoms with van der Waals surface area (Å²) in [5.74, 6) is -2.96. The summed E-state index contributed by atoms with van der Waals surface area (Å²) in [6, 6.07) is 1.98. The monoisotopic (exact) mass is 242 g/mol. The largest absolute Gasteiger partial charge is 0.355 e. The van der Waals surface area contributed by atoms with E-state index < -0.39 is 17.5 Å². The molecular weight excluding hydrogens is 229 g/mol. The van der Waals surface area contributed by atoms with Gasteiger partial charge in [-0.15, -0.1) is 0 Å². The van der Waals surface area contributed by atoms with E-state index in [0.29, 0.717) is 18.3 Å². The molecule has 0 saturated heterocycles. The summed E-state index contributed by atoms with van der Waals surface area (Å²) in [5.41, 5.74) is 0.647. The van der Waals surface area contributed by atoms with Gasteiger partial charge >= 0.3 is 0 Å². The maximum atomic E-state index is 13.4. The quantitative estimate of drug-likeness (QED) is 0.625. The predicted octanol–water partition coefficient (Wildman–Crippen LogP) is 3.08. The molecule has 0 saturated carbocycles. The van der Waals surface area contributed by atoms with Crippen molar-refractivity contribution < 1.29 is 13.2 Å². The highest BCUT2D eigenvalue weighted by Gasteiger charge is 2.14. The molecule has 0 atom stereocenters. The number of aromatic amines is 1. The Hall–Kier alpha value is -1.49.